The number of benzene rings is 1. The third-order valence-electron chi connectivity index (χ3n) is 4.75. The fraction of sp³-hybridized carbons (Fsp3) is 0.429. The summed E-state index contributed by atoms with van der Waals surface area (Å²) in [5.74, 6) is 0.411. The molecule has 2 atom stereocenters. The van der Waals surface area contributed by atoms with Crippen molar-refractivity contribution in [2.45, 2.75) is 38.7 Å². The van der Waals surface area contributed by atoms with Crippen LogP contribution in [0.1, 0.15) is 42.2 Å². The SMILES string of the molecule is Cc1ccc([C@H]2OCCC[C@H]2CNC(=O)CCc2ccccn2)cc1. The molecule has 1 saturated heterocycles. The predicted octanol–water partition coefficient (Wildman–Crippen LogP) is 3.61. The lowest BCUT2D eigenvalue weighted by Gasteiger charge is -2.32. The maximum absolute atomic E-state index is 12.2. The van der Waals surface area contributed by atoms with Crippen LogP contribution >= 0.6 is 0 Å². The molecule has 3 rings (SSSR count). The van der Waals surface area contributed by atoms with Crippen molar-refractivity contribution < 1.29 is 9.53 Å². The van der Waals surface area contributed by atoms with E-state index in [-0.39, 0.29) is 12.0 Å². The van der Waals surface area contributed by atoms with E-state index < -0.39 is 0 Å². The van der Waals surface area contributed by atoms with Crippen LogP contribution in [-0.2, 0) is 16.0 Å². The van der Waals surface area contributed by atoms with Crippen molar-refractivity contribution in [3.05, 3.63) is 65.5 Å². The standard InChI is InChI=1S/C21H26N2O2/c1-16-7-9-17(10-8-16)21-18(5-4-14-25-21)15-23-20(24)12-11-19-6-2-3-13-22-19/h2-3,6-10,13,18,21H,4-5,11-12,14-15H2,1H3,(H,23,24)/t18-,21+/m0/s1. The Bertz CT molecular complexity index is 670. The Balaban J connectivity index is 1.51. The molecule has 0 bridgehead atoms. The molecule has 1 aromatic heterocycles. The predicted molar refractivity (Wildman–Crippen MR) is 98.2 cm³/mol. The summed E-state index contributed by atoms with van der Waals surface area (Å²) in [6, 6.07) is 14.3. The molecule has 0 saturated carbocycles. The Kier molecular flexibility index (Phi) is 6.18. The van der Waals surface area contributed by atoms with Crippen molar-refractivity contribution >= 4 is 5.91 Å². The van der Waals surface area contributed by atoms with Crippen LogP contribution in [0.3, 0.4) is 0 Å². The summed E-state index contributed by atoms with van der Waals surface area (Å²) >= 11 is 0. The maximum atomic E-state index is 12.2. The second-order valence-corrected chi connectivity index (χ2v) is 6.73. The lowest BCUT2D eigenvalue weighted by Crippen LogP contribution is -2.35. The van der Waals surface area contributed by atoms with E-state index in [4.69, 9.17) is 4.74 Å². The van der Waals surface area contributed by atoms with Gasteiger partial charge in [0.1, 0.15) is 0 Å². The van der Waals surface area contributed by atoms with Crippen LogP contribution in [0.5, 0.6) is 0 Å². The highest BCUT2D eigenvalue weighted by Crippen LogP contribution is 2.33. The molecular weight excluding hydrogens is 312 g/mol. The molecule has 1 aromatic carbocycles. The summed E-state index contributed by atoms with van der Waals surface area (Å²) in [4.78, 5) is 16.4. The zero-order valence-electron chi connectivity index (χ0n) is 14.8. The van der Waals surface area contributed by atoms with E-state index in [1.54, 1.807) is 6.20 Å². The lowest BCUT2D eigenvalue weighted by molar-refractivity contribution is -0.121. The van der Waals surface area contributed by atoms with E-state index >= 15 is 0 Å². The van der Waals surface area contributed by atoms with E-state index in [0.717, 1.165) is 25.1 Å². The number of pyridine rings is 1. The number of rotatable bonds is 6. The van der Waals surface area contributed by atoms with Crippen LogP contribution in [0, 0.1) is 12.8 Å². The number of nitrogens with one attached hydrogen (secondary N) is 1. The van der Waals surface area contributed by atoms with Gasteiger partial charge in [-0.2, -0.15) is 0 Å². The quantitative estimate of drug-likeness (QED) is 0.875. The summed E-state index contributed by atoms with van der Waals surface area (Å²) < 4.78 is 6.02. The highest BCUT2D eigenvalue weighted by Gasteiger charge is 2.27. The van der Waals surface area contributed by atoms with Crippen LogP contribution in [0.25, 0.3) is 0 Å². The van der Waals surface area contributed by atoms with Gasteiger partial charge in [-0.1, -0.05) is 35.9 Å². The normalized spacial score (nSPS) is 20.2. The van der Waals surface area contributed by atoms with Gasteiger partial charge in [-0.25, -0.2) is 0 Å². The third kappa shape index (κ3) is 5.13. The van der Waals surface area contributed by atoms with E-state index in [2.05, 4.69) is 41.5 Å². The van der Waals surface area contributed by atoms with Crippen LogP contribution in [0.2, 0.25) is 0 Å². The number of nitrogens with zero attached hydrogens (tertiary/aromatic N) is 1. The van der Waals surface area contributed by atoms with E-state index in [0.29, 0.717) is 25.3 Å². The van der Waals surface area contributed by atoms with Gasteiger partial charge >= 0.3 is 0 Å². The molecule has 2 aromatic rings. The first-order valence-electron chi connectivity index (χ1n) is 9.07. The minimum atomic E-state index is 0.0745. The second kappa shape index (κ2) is 8.77. The first kappa shape index (κ1) is 17.6. The van der Waals surface area contributed by atoms with E-state index in [1.165, 1.54) is 11.1 Å². The molecule has 4 heteroatoms. The van der Waals surface area contributed by atoms with Gasteiger partial charge in [0.2, 0.25) is 5.91 Å². The van der Waals surface area contributed by atoms with Crippen molar-refractivity contribution in [2.24, 2.45) is 5.92 Å². The lowest BCUT2D eigenvalue weighted by atomic mass is 9.89. The molecule has 1 aliphatic rings. The fourth-order valence-electron chi connectivity index (χ4n) is 3.30. The number of aromatic nitrogens is 1. The van der Waals surface area contributed by atoms with Crippen LogP contribution in [0.4, 0.5) is 0 Å². The Hall–Kier alpha value is -2.20. The summed E-state index contributed by atoms with van der Waals surface area (Å²) in [6.07, 6.45) is 5.12. The van der Waals surface area contributed by atoms with Gasteiger partial charge in [-0.15, -0.1) is 0 Å². The Morgan fingerprint density at radius 2 is 2.08 bits per heavy atom. The molecule has 1 fully saturated rings. The topological polar surface area (TPSA) is 51.2 Å². The Morgan fingerprint density at radius 1 is 1.24 bits per heavy atom. The van der Waals surface area contributed by atoms with Gasteiger partial charge in [0.05, 0.1) is 6.10 Å². The monoisotopic (exact) mass is 338 g/mol. The number of carbonyl (C=O) groups excluding carboxylic acids is 1. The minimum absolute atomic E-state index is 0.0745. The third-order valence-corrected chi connectivity index (χ3v) is 4.75. The first-order chi connectivity index (χ1) is 12.2. The molecule has 1 N–H and O–H groups in total. The summed E-state index contributed by atoms with van der Waals surface area (Å²) in [6.45, 7) is 3.55. The smallest absolute Gasteiger partial charge is 0.220 e. The Labute approximate surface area is 149 Å². The highest BCUT2D eigenvalue weighted by atomic mass is 16.5. The molecule has 25 heavy (non-hydrogen) atoms. The number of ether oxygens (including phenoxy) is 1. The molecule has 132 valence electrons. The van der Waals surface area contributed by atoms with Crippen molar-refractivity contribution in [2.75, 3.05) is 13.2 Å². The largest absolute Gasteiger partial charge is 0.373 e. The minimum Gasteiger partial charge on any atom is -0.373 e. The maximum Gasteiger partial charge on any atom is 0.220 e. The summed E-state index contributed by atoms with van der Waals surface area (Å²) in [7, 11) is 0. The van der Waals surface area contributed by atoms with Crippen LogP contribution in [0.15, 0.2) is 48.7 Å². The zero-order valence-corrected chi connectivity index (χ0v) is 14.8. The van der Waals surface area contributed by atoms with Crippen LogP contribution < -0.4 is 5.32 Å². The summed E-state index contributed by atoms with van der Waals surface area (Å²) in [5.41, 5.74) is 3.41. The molecule has 0 radical (unpaired) electrons. The van der Waals surface area contributed by atoms with Gasteiger partial charge in [-0.3, -0.25) is 9.78 Å². The number of carbonyl (C=O) groups is 1. The van der Waals surface area contributed by atoms with Gasteiger partial charge < -0.3 is 10.1 Å². The molecule has 1 aliphatic heterocycles. The van der Waals surface area contributed by atoms with Gasteiger partial charge in [-0.05, 0) is 43.9 Å². The number of hydrogen-bond acceptors (Lipinski definition) is 3. The average Bonchev–Trinajstić information content (AvgIpc) is 2.66. The molecule has 4 nitrogen and oxygen atoms in total. The number of aryl methyl sites for hydroxylation is 2. The fourth-order valence-corrected chi connectivity index (χ4v) is 3.30. The number of hydrogen-bond donors (Lipinski definition) is 1. The highest BCUT2D eigenvalue weighted by molar-refractivity contribution is 5.76. The number of amides is 1. The van der Waals surface area contributed by atoms with Crippen molar-refractivity contribution in [1.29, 1.82) is 0 Å². The van der Waals surface area contributed by atoms with Crippen molar-refractivity contribution in [3.8, 4) is 0 Å². The van der Waals surface area contributed by atoms with Crippen LogP contribution in [-0.4, -0.2) is 24.0 Å². The molecule has 1 amide bonds. The van der Waals surface area contributed by atoms with Crippen molar-refractivity contribution in [1.82, 2.24) is 10.3 Å². The summed E-state index contributed by atoms with van der Waals surface area (Å²) in [5, 5.41) is 3.09. The average molecular weight is 338 g/mol. The molecule has 0 spiro atoms. The van der Waals surface area contributed by atoms with Gasteiger partial charge in [0, 0.05) is 37.4 Å². The molecule has 0 unspecified atom stereocenters. The zero-order chi connectivity index (χ0) is 17.5. The van der Waals surface area contributed by atoms with Crippen molar-refractivity contribution in [3.63, 3.8) is 0 Å². The van der Waals surface area contributed by atoms with Gasteiger partial charge in [0.15, 0.2) is 0 Å². The first-order valence-corrected chi connectivity index (χ1v) is 9.07. The van der Waals surface area contributed by atoms with E-state index in [1.807, 2.05) is 18.2 Å². The molecule has 0 aliphatic carbocycles. The molecule has 2 heterocycles. The molecular formula is C21H26N2O2. The Morgan fingerprint density at radius 3 is 2.84 bits per heavy atom. The van der Waals surface area contributed by atoms with E-state index in [9.17, 15) is 4.79 Å². The second-order valence-electron chi connectivity index (χ2n) is 6.73. The van der Waals surface area contributed by atoms with Gasteiger partial charge in [0.25, 0.3) is 0 Å².